The molecule has 4 heteroatoms. The van der Waals surface area contributed by atoms with Crippen molar-refractivity contribution in [2.24, 2.45) is 10.8 Å². The SMILES string of the molecule is CCN(CC(OOC(CN(CC)C(C)C)C(C)(C)C)C(C)(C)C)C(C)C. The van der Waals surface area contributed by atoms with Crippen LogP contribution < -0.4 is 0 Å². The summed E-state index contributed by atoms with van der Waals surface area (Å²) < 4.78 is 0. The van der Waals surface area contributed by atoms with E-state index in [1.165, 1.54) is 0 Å². The topological polar surface area (TPSA) is 24.9 Å². The van der Waals surface area contributed by atoms with Crippen molar-refractivity contribution in [3.63, 3.8) is 0 Å². The minimum Gasteiger partial charge on any atom is -0.298 e. The smallest absolute Gasteiger partial charge is 0.110 e. The highest BCUT2D eigenvalue weighted by Crippen LogP contribution is 2.28. The summed E-state index contributed by atoms with van der Waals surface area (Å²) in [5.41, 5.74) is 0.0421. The fourth-order valence-corrected chi connectivity index (χ4v) is 2.87. The zero-order valence-corrected chi connectivity index (χ0v) is 19.8. The molecule has 2 atom stereocenters. The van der Waals surface area contributed by atoms with Crippen LogP contribution in [0.25, 0.3) is 0 Å². The van der Waals surface area contributed by atoms with Crippen molar-refractivity contribution in [1.29, 1.82) is 0 Å². The van der Waals surface area contributed by atoms with Crippen molar-refractivity contribution in [1.82, 2.24) is 9.80 Å². The van der Waals surface area contributed by atoms with Crippen LogP contribution in [0.1, 0.15) is 83.1 Å². The van der Waals surface area contributed by atoms with E-state index in [9.17, 15) is 0 Å². The van der Waals surface area contributed by atoms with E-state index in [2.05, 4.69) is 92.9 Å². The van der Waals surface area contributed by atoms with Crippen LogP contribution in [0.3, 0.4) is 0 Å². The molecule has 0 aliphatic heterocycles. The molecule has 0 rings (SSSR count). The number of nitrogens with zero attached hydrogens (tertiary/aromatic N) is 2. The molecule has 0 bridgehead atoms. The van der Waals surface area contributed by atoms with Gasteiger partial charge >= 0.3 is 0 Å². The average Bonchev–Trinajstić information content (AvgIpc) is 2.46. The zero-order chi connectivity index (χ0) is 20.7. The first-order valence-corrected chi connectivity index (χ1v) is 10.5. The predicted octanol–water partition coefficient (Wildman–Crippen LogP) is 5.22. The molecule has 0 saturated heterocycles. The van der Waals surface area contributed by atoms with Gasteiger partial charge in [0.25, 0.3) is 0 Å². The molecule has 0 fully saturated rings. The first-order chi connectivity index (χ1) is 11.7. The molecule has 0 N–H and O–H groups in total. The molecule has 0 aromatic heterocycles. The van der Waals surface area contributed by atoms with Crippen molar-refractivity contribution in [2.75, 3.05) is 26.2 Å². The Hall–Kier alpha value is -0.160. The van der Waals surface area contributed by atoms with Crippen LogP contribution in [0.5, 0.6) is 0 Å². The molecule has 0 aromatic rings. The zero-order valence-electron chi connectivity index (χ0n) is 19.8. The Bertz CT molecular complexity index is 333. The first kappa shape index (κ1) is 25.8. The van der Waals surface area contributed by atoms with Gasteiger partial charge in [0.1, 0.15) is 12.2 Å². The van der Waals surface area contributed by atoms with Crippen molar-refractivity contribution in [3.8, 4) is 0 Å². The summed E-state index contributed by atoms with van der Waals surface area (Å²) in [7, 11) is 0. The quantitative estimate of drug-likeness (QED) is 0.366. The van der Waals surface area contributed by atoms with Gasteiger partial charge in [0.2, 0.25) is 0 Å². The summed E-state index contributed by atoms with van der Waals surface area (Å²) in [6.07, 6.45) is 0.0626. The Balaban J connectivity index is 5.17. The fourth-order valence-electron chi connectivity index (χ4n) is 2.87. The fraction of sp³-hybridized carbons (Fsp3) is 1.00. The molecule has 0 radical (unpaired) electrons. The van der Waals surface area contributed by atoms with Crippen LogP contribution in [-0.4, -0.2) is 60.3 Å². The minimum atomic E-state index is 0.0211. The second kappa shape index (κ2) is 11.0. The lowest BCUT2D eigenvalue weighted by atomic mass is 9.88. The van der Waals surface area contributed by atoms with E-state index in [-0.39, 0.29) is 23.0 Å². The molecule has 0 spiro atoms. The van der Waals surface area contributed by atoms with Crippen LogP contribution in [0.15, 0.2) is 0 Å². The van der Waals surface area contributed by atoms with Crippen molar-refractivity contribution >= 4 is 0 Å². The van der Waals surface area contributed by atoms with E-state index in [0.29, 0.717) is 12.1 Å². The van der Waals surface area contributed by atoms with Crippen LogP contribution in [0, 0.1) is 10.8 Å². The summed E-state index contributed by atoms with van der Waals surface area (Å²) in [5, 5.41) is 0. The van der Waals surface area contributed by atoms with Gasteiger partial charge in [-0.1, -0.05) is 55.4 Å². The second-order valence-electron chi connectivity index (χ2n) is 10.3. The maximum absolute atomic E-state index is 6.13. The highest BCUT2D eigenvalue weighted by molar-refractivity contribution is 4.81. The molecule has 0 amide bonds. The van der Waals surface area contributed by atoms with E-state index in [4.69, 9.17) is 9.78 Å². The molecule has 2 unspecified atom stereocenters. The summed E-state index contributed by atoms with van der Waals surface area (Å²) in [5.74, 6) is 0. The van der Waals surface area contributed by atoms with Crippen LogP contribution in [0.2, 0.25) is 0 Å². The van der Waals surface area contributed by atoms with Crippen molar-refractivity contribution in [2.45, 2.75) is 107 Å². The maximum atomic E-state index is 6.13. The summed E-state index contributed by atoms with van der Waals surface area (Å²) in [6, 6.07) is 1.01. The lowest BCUT2D eigenvalue weighted by Crippen LogP contribution is -2.47. The van der Waals surface area contributed by atoms with Crippen molar-refractivity contribution in [3.05, 3.63) is 0 Å². The second-order valence-corrected chi connectivity index (χ2v) is 10.3. The Morgan fingerprint density at radius 1 is 0.615 bits per heavy atom. The van der Waals surface area contributed by atoms with Crippen LogP contribution >= 0.6 is 0 Å². The summed E-state index contributed by atoms with van der Waals surface area (Å²) in [4.78, 5) is 17.2. The van der Waals surface area contributed by atoms with E-state index in [0.717, 1.165) is 26.2 Å². The van der Waals surface area contributed by atoms with Gasteiger partial charge in [0.05, 0.1) is 0 Å². The summed E-state index contributed by atoms with van der Waals surface area (Å²) in [6.45, 7) is 30.6. The molecule has 26 heavy (non-hydrogen) atoms. The van der Waals surface area contributed by atoms with Gasteiger partial charge < -0.3 is 0 Å². The Morgan fingerprint density at radius 3 is 1.04 bits per heavy atom. The monoisotopic (exact) mass is 372 g/mol. The number of rotatable bonds is 11. The number of hydrogen-bond acceptors (Lipinski definition) is 4. The molecular formula is C22H48N2O2. The lowest BCUT2D eigenvalue weighted by molar-refractivity contribution is -0.381. The van der Waals surface area contributed by atoms with Gasteiger partial charge in [-0.25, -0.2) is 9.78 Å². The summed E-state index contributed by atoms with van der Waals surface area (Å²) >= 11 is 0. The highest BCUT2D eigenvalue weighted by atomic mass is 17.2. The lowest BCUT2D eigenvalue weighted by Gasteiger charge is -2.39. The van der Waals surface area contributed by atoms with Crippen LogP contribution in [-0.2, 0) is 9.78 Å². The first-order valence-electron chi connectivity index (χ1n) is 10.5. The molecule has 4 nitrogen and oxygen atoms in total. The van der Waals surface area contributed by atoms with E-state index in [1.54, 1.807) is 0 Å². The van der Waals surface area contributed by atoms with Gasteiger partial charge in [0.15, 0.2) is 0 Å². The largest absolute Gasteiger partial charge is 0.298 e. The molecule has 158 valence electrons. The van der Waals surface area contributed by atoms with Crippen LogP contribution in [0.4, 0.5) is 0 Å². The standard InChI is InChI=1S/C22H48N2O2/c1-13-23(17(3)4)15-19(21(7,8)9)25-26-20(22(10,11)12)16-24(14-2)18(5)6/h17-20H,13-16H2,1-12H3. The third-order valence-corrected chi connectivity index (χ3v) is 5.29. The Labute approximate surface area is 164 Å². The van der Waals surface area contributed by atoms with E-state index < -0.39 is 0 Å². The van der Waals surface area contributed by atoms with Gasteiger partial charge in [-0.05, 0) is 51.6 Å². The third kappa shape index (κ3) is 9.16. The van der Waals surface area contributed by atoms with E-state index in [1.807, 2.05) is 0 Å². The van der Waals surface area contributed by atoms with E-state index >= 15 is 0 Å². The average molecular weight is 373 g/mol. The number of likely N-dealkylation sites (N-methyl/N-ethyl adjacent to an activating group) is 2. The Kier molecular flexibility index (Phi) is 10.9. The normalized spacial score (nSPS) is 16.2. The number of hydrogen-bond donors (Lipinski definition) is 0. The van der Waals surface area contributed by atoms with Gasteiger partial charge in [0, 0.05) is 25.2 Å². The van der Waals surface area contributed by atoms with Gasteiger partial charge in [-0.15, -0.1) is 0 Å². The highest BCUT2D eigenvalue weighted by Gasteiger charge is 2.34. The minimum absolute atomic E-state index is 0.0211. The molecule has 0 aromatic carbocycles. The molecule has 0 saturated carbocycles. The third-order valence-electron chi connectivity index (χ3n) is 5.29. The Morgan fingerprint density at radius 2 is 0.885 bits per heavy atom. The molecular weight excluding hydrogens is 324 g/mol. The molecule has 0 heterocycles. The maximum Gasteiger partial charge on any atom is 0.110 e. The molecule has 0 aliphatic carbocycles. The van der Waals surface area contributed by atoms with Gasteiger partial charge in [-0.3, -0.25) is 9.80 Å². The van der Waals surface area contributed by atoms with Gasteiger partial charge in [-0.2, -0.15) is 0 Å². The molecule has 0 aliphatic rings. The van der Waals surface area contributed by atoms with Crippen molar-refractivity contribution < 1.29 is 9.78 Å². The predicted molar refractivity (Wildman–Crippen MR) is 113 cm³/mol.